The minimum absolute atomic E-state index is 0.0217. The molecule has 0 spiro atoms. The molecule has 0 heterocycles. The Labute approximate surface area is 147 Å². The van der Waals surface area contributed by atoms with E-state index in [1.54, 1.807) is 31.2 Å². The number of nitrogens with zero attached hydrogens (tertiary/aromatic N) is 2. The molecule has 25 heavy (non-hydrogen) atoms. The average Bonchev–Trinajstić information content (AvgIpc) is 2.62. The summed E-state index contributed by atoms with van der Waals surface area (Å²) in [5.74, 6) is 0.685. The van der Waals surface area contributed by atoms with E-state index in [9.17, 15) is 14.9 Å². The number of hydrogen-bond donors (Lipinski definition) is 0. The Hall–Kier alpha value is -2.89. The molecule has 0 aromatic heterocycles. The van der Waals surface area contributed by atoms with Crippen LogP contribution in [0.3, 0.4) is 0 Å². The summed E-state index contributed by atoms with van der Waals surface area (Å²) in [6.45, 7) is 3.80. The molecule has 0 N–H and O–H groups in total. The lowest BCUT2D eigenvalue weighted by atomic mass is 10.0. The van der Waals surface area contributed by atoms with E-state index in [1.807, 2.05) is 32.0 Å². The Morgan fingerprint density at radius 2 is 2.00 bits per heavy atom. The minimum Gasteiger partial charge on any atom is -0.496 e. The van der Waals surface area contributed by atoms with E-state index in [0.29, 0.717) is 0 Å². The van der Waals surface area contributed by atoms with Crippen molar-refractivity contribution in [3.05, 3.63) is 69.3 Å². The molecular formula is C19H22N2O4. The lowest BCUT2D eigenvalue weighted by molar-refractivity contribution is -0.384. The first-order valence-electron chi connectivity index (χ1n) is 7.97. The third-order valence-electron chi connectivity index (χ3n) is 4.37. The largest absolute Gasteiger partial charge is 0.496 e. The van der Waals surface area contributed by atoms with Crippen LogP contribution in [0.15, 0.2) is 42.5 Å². The van der Waals surface area contributed by atoms with Gasteiger partial charge in [-0.2, -0.15) is 0 Å². The van der Waals surface area contributed by atoms with Gasteiger partial charge in [-0.3, -0.25) is 14.9 Å². The Bertz CT molecular complexity index is 789. The van der Waals surface area contributed by atoms with Gasteiger partial charge in [-0.25, -0.2) is 0 Å². The third-order valence-corrected chi connectivity index (χ3v) is 4.37. The average molecular weight is 342 g/mol. The van der Waals surface area contributed by atoms with Gasteiger partial charge in [-0.05, 0) is 36.6 Å². The number of amides is 1. The SMILES string of the molecule is COc1cc(CC(=O)N(C)[C@@H](C)c2cccc([N+](=O)[O-])c2)ccc1C. The molecular weight excluding hydrogens is 320 g/mol. The topological polar surface area (TPSA) is 72.7 Å². The summed E-state index contributed by atoms with van der Waals surface area (Å²) in [5, 5.41) is 10.9. The van der Waals surface area contributed by atoms with E-state index in [2.05, 4.69) is 0 Å². The molecule has 0 saturated heterocycles. The van der Waals surface area contributed by atoms with E-state index < -0.39 is 4.92 Å². The molecule has 0 unspecified atom stereocenters. The van der Waals surface area contributed by atoms with Crippen molar-refractivity contribution >= 4 is 11.6 Å². The maximum Gasteiger partial charge on any atom is 0.269 e. The summed E-state index contributed by atoms with van der Waals surface area (Å²) in [6, 6.07) is 11.8. The quantitative estimate of drug-likeness (QED) is 0.593. The van der Waals surface area contributed by atoms with E-state index in [-0.39, 0.29) is 24.1 Å². The molecule has 132 valence electrons. The van der Waals surface area contributed by atoms with Gasteiger partial charge in [-0.1, -0.05) is 24.3 Å². The van der Waals surface area contributed by atoms with Crippen LogP contribution in [-0.2, 0) is 11.2 Å². The van der Waals surface area contributed by atoms with Gasteiger partial charge in [0, 0.05) is 19.2 Å². The van der Waals surface area contributed by atoms with E-state index in [1.165, 1.54) is 12.1 Å². The fraction of sp³-hybridized carbons (Fsp3) is 0.316. The van der Waals surface area contributed by atoms with Gasteiger partial charge in [0.05, 0.1) is 24.5 Å². The zero-order valence-electron chi connectivity index (χ0n) is 14.9. The van der Waals surface area contributed by atoms with Crippen LogP contribution in [0.1, 0.15) is 29.7 Å². The number of benzene rings is 2. The summed E-state index contributed by atoms with van der Waals surface area (Å²) >= 11 is 0. The molecule has 6 nitrogen and oxygen atoms in total. The van der Waals surface area contributed by atoms with E-state index in [0.717, 1.165) is 22.4 Å². The van der Waals surface area contributed by atoms with Crippen molar-refractivity contribution in [2.24, 2.45) is 0 Å². The zero-order valence-corrected chi connectivity index (χ0v) is 14.9. The van der Waals surface area contributed by atoms with Gasteiger partial charge < -0.3 is 9.64 Å². The molecule has 0 aliphatic carbocycles. The Morgan fingerprint density at radius 3 is 2.64 bits per heavy atom. The summed E-state index contributed by atoms with van der Waals surface area (Å²) < 4.78 is 5.29. The summed E-state index contributed by atoms with van der Waals surface area (Å²) in [7, 11) is 3.31. The van der Waals surface area contributed by atoms with Gasteiger partial charge in [0.15, 0.2) is 0 Å². The van der Waals surface area contributed by atoms with Gasteiger partial charge in [0.1, 0.15) is 5.75 Å². The van der Waals surface area contributed by atoms with Crippen molar-refractivity contribution in [3.8, 4) is 5.75 Å². The Kier molecular flexibility index (Phi) is 5.75. The van der Waals surface area contributed by atoms with Crippen molar-refractivity contribution < 1.29 is 14.5 Å². The van der Waals surface area contributed by atoms with Crippen LogP contribution in [0.2, 0.25) is 0 Å². The number of non-ortho nitro benzene ring substituents is 1. The highest BCUT2D eigenvalue weighted by atomic mass is 16.6. The summed E-state index contributed by atoms with van der Waals surface area (Å²) in [5.41, 5.74) is 2.63. The molecule has 2 aromatic carbocycles. The molecule has 0 saturated carbocycles. The first-order chi connectivity index (χ1) is 11.8. The van der Waals surface area contributed by atoms with Gasteiger partial charge in [0.25, 0.3) is 5.69 Å². The van der Waals surface area contributed by atoms with Crippen LogP contribution in [0, 0.1) is 17.0 Å². The molecule has 6 heteroatoms. The molecule has 1 atom stereocenters. The summed E-state index contributed by atoms with van der Waals surface area (Å²) in [4.78, 5) is 24.7. The predicted molar refractivity (Wildman–Crippen MR) is 95.7 cm³/mol. The fourth-order valence-corrected chi connectivity index (χ4v) is 2.61. The van der Waals surface area contributed by atoms with Crippen molar-refractivity contribution in [2.45, 2.75) is 26.3 Å². The predicted octanol–water partition coefficient (Wildman–Crippen LogP) is 3.67. The second kappa shape index (κ2) is 7.79. The number of aryl methyl sites for hydroxylation is 1. The summed E-state index contributed by atoms with van der Waals surface area (Å²) in [6.07, 6.45) is 0.242. The number of likely N-dealkylation sites (N-methyl/N-ethyl adjacent to an activating group) is 1. The minimum atomic E-state index is -0.434. The molecule has 2 rings (SSSR count). The Balaban J connectivity index is 2.13. The first-order valence-corrected chi connectivity index (χ1v) is 7.97. The number of hydrogen-bond acceptors (Lipinski definition) is 4. The Morgan fingerprint density at radius 1 is 1.28 bits per heavy atom. The fourth-order valence-electron chi connectivity index (χ4n) is 2.61. The van der Waals surface area contributed by atoms with Crippen LogP contribution in [0.4, 0.5) is 5.69 Å². The number of ether oxygens (including phenoxy) is 1. The van der Waals surface area contributed by atoms with Crippen LogP contribution in [0.5, 0.6) is 5.75 Å². The van der Waals surface area contributed by atoms with E-state index >= 15 is 0 Å². The monoisotopic (exact) mass is 342 g/mol. The number of nitro groups is 1. The maximum atomic E-state index is 12.6. The maximum absolute atomic E-state index is 12.6. The molecule has 0 aliphatic rings. The lowest BCUT2D eigenvalue weighted by Crippen LogP contribution is -2.31. The number of nitro benzene ring substituents is 1. The van der Waals surface area contributed by atoms with Gasteiger partial charge in [-0.15, -0.1) is 0 Å². The van der Waals surface area contributed by atoms with Gasteiger partial charge in [0.2, 0.25) is 5.91 Å². The lowest BCUT2D eigenvalue weighted by Gasteiger charge is -2.25. The highest BCUT2D eigenvalue weighted by Gasteiger charge is 2.19. The van der Waals surface area contributed by atoms with Crippen LogP contribution in [-0.4, -0.2) is 29.9 Å². The number of methoxy groups -OCH3 is 1. The van der Waals surface area contributed by atoms with Crippen LogP contribution in [0.25, 0.3) is 0 Å². The molecule has 1 amide bonds. The highest BCUT2D eigenvalue weighted by molar-refractivity contribution is 5.79. The first kappa shape index (κ1) is 18.4. The van der Waals surface area contributed by atoms with Crippen molar-refractivity contribution in [3.63, 3.8) is 0 Å². The number of carbonyl (C=O) groups excluding carboxylic acids is 1. The van der Waals surface area contributed by atoms with Gasteiger partial charge >= 0.3 is 0 Å². The molecule has 0 fully saturated rings. The van der Waals surface area contributed by atoms with Crippen LogP contribution >= 0.6 is 0 Å². The molecule has 0 bridgehead atoms. The highest BCUT2D eigenvalue weighted by Crippen LogP contribution is 2.24. The van der Waals surface area contributed by atoms with Crippen molar-refractivity contribution in [2.75, 3.05) is 14.2 Å². The van der Waals surface area contributed by atoms with Crippen molar-refractivity contribution in [1.82, 2.24) is 4.90 Å². The van der Waals surface area contributed by atoms with Crippen molar-refractivity contribution in [1.29, 1.82) is 0 Å². The third kappa shape index (κ3) is 4.35. The van der Waals surface area contributed by atoms with Crippen LogP contribution < -0.4 is 4.74 Å². The van der Waals surface area contributed by atoms with E-state index in [4.69, 9.17) is 4.74 Å². The second-order valence-electron chi connectivity index (χ2n) is 6.01. The molecule has 0 radical (unpaired) electrons. The molecule has 0 aliphatic heterocycles. The normalized spacial score (nSPS) is 11.7. The second-order valence-corrected chi connectivity index (χ2v) is 6.01. The molecule has 2 aromatic rings. The zero-order chi connectivity index (χ0) is 18.6. The number of rotatable bonds is 6. The smallest absolute Gasteiger partial charge is 0.269 e. The number of carbonyl (C=O) groups is 1. The standard InChI is InChI=1S/C19H22N2O4/c1-13-8-9-15(10-18(13)25-4)11-19(22)20(3)14(2)16-6-5-7-17(12-16)21(23)24/h5-10,12,14H,11H2,1-4H3/t14-/m0/s1.